The number of morpholine rings is 1. The molecule has 5 rings (SSSR count). The van der Waals surface area contributed by atoms with E-state index in [1.54, 1.807) is 6.33 Å². The summed E-state index contributed by atoms with van der Waals surface area (Å²) in [5.41, 5.74) is 2.14. The molecule has 0 unspecified atom stereocenters. The van der Waals surface area contributed by atoms with Crippen LogP contribution in [-0.2, 0) is 4.74 Å². The highest BCUT2D eigenvalue weighted by Crippen LogP contribution is 2.25. The standard InChI is InChI=1S/C19H25N9O/c1-14-15(2)22-19-20-13-21-28(19)18(14)27-7-5-25(6-8-27)16-3-4-17(24-23-16)26-9-11-29-12-10-26/h3-4,13H,5-12H2,1-2H3. The van der Waals surface area contributed by atoms with Crippen molar-refractivity contribution in [3.05, 3.63) is 29.7 Å². The highest BCUT2D eigenvalue weighted by molar-refractivity contribution is 5.55. The lowest BCUT2D eigenvalue weighted by Crippen LogP contribution is -2.48. The maximum absolute atomic E-state index is 5.41. The Balaban J connectivity index is 1.30. The Morgan fingerprint density at radius 1 is 0.828 bits per heavy atom. The second kappa shape index (κ2) is 7.43. The van der Waals surface area contributed by atoms with E-state index in [9.17, 15) is 0 Å². The molecule has 29 heavy (non-hydrogen) atoms. The molecule has 2 aliphatic heterocycles. The van der Waals surface area contributed by atoms with Gasteiger partial charge in [-0.15, -0.1) is 10.2 Å². The lowest BCUT2D eigenvalue weighted by Gasteiger charge is -2.37. The third-order valence-electron chi connectivity index (χ3n) is 5.75. The predicted molar refractivity (Wildman–Crippen MR) is 110 cm³/mol. The van der Waals surface area contributed by atoms with Crippen LogP contribution in [0.1, 0.15) is 11.3 Å². The molecule has 0 aliphatic carbocycles. The van der Waals surface area contributed by atoms with Crippen LogP contribution in [0.3, 0.4) is 0 Å². The van der Waals surface area contributed by atoms with E-state index >= 15 is 0 Å². The Labute approximate surface area is 169 Å². The molecular formula is C19H25N9O. The van der Waals surface area contributed by atoms with Gasteiger partial charge in [-0.2, -0.15) is 14.6 Å². The van der Waals surface area contributed by atoms with Gasteiger partial charge in [0, 0.05) is 50.5 Å². The molecule has 10 heteroatoms. The second-order valence-electron chi connectivity index (χ2n) is 7.44. The molecule has 2 saturated heterocycles. The van der Waals surface area contributed by atoms with Crippen molar-refractivity contribution in [2.75, 3.05) is 67.2 Å². The molecule has 0 aromatic carbocycles. The third kappa shape index (κ3) is 3.33. The van der Waals surface area contributed by atoms with Crippen LogP contribution in [0.2, 0.25) is 0 Å². The van der Waals surface area contributed by atoms with Crippen molar-refractivity contribution in [2.24, 2.45) is 0 Å². The third-order valence-corrected chi connectivity index (χ3v) is 5.75. The molecule has 0 atom stereocenters. The molecule has 3 aromatic heterocycles. The number of fused-ring (bicyclic) bond motifs is 1. The number of nitrogens with zero attached hydrogens (tertiary/aromatic N) is 9. The SMILES string of the molecule is Cc1nc2ncnn2c(N2CCN(c3ccc(N4CCOCC4)nn3)CC2)c1C. The van der Waals surface area contributed by atoms with Gasteiger partial charge in [0.15, 0.2) is 11.6 Å². The van der Waals surface area contributed by atoms with Crippen LogP contribution in [0.5, 0.6) is 0 Å². The molecule has 5 heterocycles. The highest BCUT2D eigenvalue weighted by atomic mass is 16.5. The first-order chi connectivity index (χ1) is 14.2. The van der Waals surface area contributed by atoms with Gasteiger partial charge in [0.25, 0.3) is 5.78 Å². The summed E-state index contributed by atoms with van der Waals surface area (Å²) in [7, 11) is 0. The lowest BCUT2D eigenvalue weighted by molar-refractivity contribution is 0.122. The number of piperazine rings is 1. The molecule has 0 amide bonds. The van der Waals surface area contributed by atoms with Crippen LogP contribution in [0, 0.1) is 13.8 Å². The number of hydrogen-bond acceptors (Lipinski definition) is 9. The summed E-state index contributed by atoms with van der Waals surface area (Å²) in [6.07, 6.45) is 1.56. The molecule has 2 fully saturated rings. The number of aromatic nitrogens is 6. The number of rotatable bonds is 3. The van der Waals surface area contributed by atoms with E-state index < -0.39 is 0 Å². The first-order valence-electron chi connectivity index (χ1n) is 10.0. The molecule has 10 nitrogen and oxygen atoms in total. The van der Waals surface area contributed by atoms with Gasteiger partial charge in [-0.1, -0.05) is 0 Å². The Kier molecular flexibility index (Phi) is 4.62. The predicted octanol–water partition coefficient (Wildman–Crippen LogP) is 0.694. The van der Waals surface area contributed by atoms with Crippen molar-refractivity contribution in [1.82, 2.24) is 29.8 Å². The van der Waals surface area contributed by atoms with Gasteiger partial charge >= 0.3 is 0 Å². The minimum atomic E-state index is 0.648. The first kappa shape index (κ1) is 18.0. The fourth-order valence-electron chi connectivity index (χ4n) is 3.98. The monoisotopic (exact) mass is 395 g/mol. The zero-order valence-corrected chi connectivity index (χ0v) is 16.8. The zero-order chi connectivity index (χ0) is 19.8. The van der Waals surface area contributed by atoms with E-state index in [-0.39, 0.29) is 0 Å². The minimum absolute atomic E-state index is 0.648. The van der Waals surface area contributed by atoms with E-state index in [2.05, 4.69) is 59.0 Å². The molecule has 0 saturated carbocycles. The molecular weight excluding hydrogens is 370 g/mol. The Bertz CT molecular complexity index is 989. The van der Waals surface area contributed by atoms with Gasteiger partial charge in [-0.3, -0.25) is 0 Å². The van der Waals surface area contributed by atoms with Crippen molar-refractivity contribution in [1.29, 1.82) is 0 Å². The topological polar surface area (TPSA) is 87.8 Å². The van der Waals surface area contributed by atoms with Crippen molar-refractivity contribution in [3.8, 4) is 0 Å². The van der Waals surface area contributed by atoms with Crippen LogP contribution in [-0.4, -0.2) is 82.3 Å². The maximum Gasteiger partial charge on any atom is 0.254 e. The largest absolute Gasteiger partial charge is 0.378 e. The summed E-state index contributed by atoms with van der Waals surface area (Å²) in [5.74, 6) is 3.58. The summed E-state index contributed by atoms with van der Waals surface area (Å²) in [6, 6.07) is 4.14. The van der Waals surface area contributed by atoms with Crippen molar-refractivity contribution >= 4 is 23.2 Å². The Morgan fingerprint density at radius 2 is 1.45 bits per heavy atom. The first-order valence-corrected chi connectivity index (χ1v) is 10.0. The molecule has 3 aromatic rings. The number of anilines is 3. The fourth-order valence-corrected chi connectivity index (χ4v) is 3.98. The fraction of sp³-hybridized carbons (Fsp3) is 0.526. The summed E-state index contributed by atoms with van der Waals surface area (Å²) in [6.45, 7) is 10.9. The van der Waals surface area contributed by atoms with Crippen molar-refractivity contribution < 1.29 is 4.74 Å². The zero-order valence-electron chi connectivity index (χ0n) is 16.8. The van der Waals surface area contributed by atoms with Crippen LogP contribution in [0.4, 0.5) is 17.5 Å². The van der Waals surface area contributed by atoms with Crippen molar-refractivity contribution in [2.45, 2.75) is 13.8 Å². The molecule has 0 radical (unpaired) electrons. The van der Waals surface area contributed by atoms with Crippen LogP contribution < -0.4 is 14.7 Å². The van der Waals surface area contributed by atoms with Gasteiger partial charge in [0.2, 0.25) is 0 Å². The maximum atomic E-state index is 5.41. The van der Waals surface area contributed by atoms with Gasteiger partial charge in [0.1, 0.15) is 12.1 Å². The van der Waals surface area contributed by atoms with Crippen LogP contribution in [0.15, 0.2) is 18.5 Å². The Morgan fingerprint density at radius 3 is 2.10 bits per heavy atom. The average molecular weight is 395 g/mol. The Hall–Kier alpha value is -3.01. The van der Waals surface area contributed by atoms with E-state index in [4.69, 9.17) is 4.74 Å². The minimum Gasteiger partial charge on any atom is -0.378 e. The summed E-state index contributed by atoms with van der Waals surface area (Å²) in [5, 5.41) is 13.3. The van der Waals surface area contributed by atoms with Gasteiger partial charge in [0.05, 0.1) is 13.2 Å². The van der Waals surface area contributed by atoms with E-state index in [0.29, 0.717) is 5.78 Å². The van der Waals surface area contributed by atoms with Gasteiger partial charge in [-0.25, -0.2) is 4.98 Å². The number of ether oxygens (including phenoxy) is 1. The molecule has 2 aliphatic rings. The lowest BCUT2D eigenvalue weighted by atomic mass is 10.2. The number of aryl methyl sites for hydroxylation is 1. The summed E-state index contributed by atoms with van der Waals surface area (Å²) < 4.78 is 7.25. The van der Waals surface area contributed by atoms with E-state index in [0.717, 1.165) is 81.2 Å². The molecule has 0 N–H and O–H groups in total. The quantitative estimate of drug-likeness (QED) is 0.636. The smallest absolute Gasteiger partial charge is 0.254 e. The number of hydrogen-bond donors (Lipinski definition) is 0. The highest BCUT2D eigenvalue weighted by Gasteiger charge is 2.24. The van der Waals surface area contributed by atoms with Crippen molar-refractivity contribution in [3.63, 3.8) is 0 Å². The van der Waals surface area contributed by atoms with E-state index in [1.807, 2.05) is 11.4 Å². The van der Waals surface area contributed by atoms with Gasteiger partial charge in [-0.05, 0) is 26.0 Å². The van der Waals surface area contributed by atoms with Gasteiger partial charge < -0.3 is 19.4 Å². The van der Waals surface area contributed by atoms with E-state index in [1.165, 1.54) is 0 Å². The normalized spacial score (nSPS) is 17.9. The molecule has 0 spiro atoms. The second-order valence-corrected chi connectivity index (χ2v) is 7.44. The molecule has 152 valence electrons. The van der Waals surface area contributed by atoms with Crippen LogP contribution >= 0.6 is 0 Å². The molecule has 0 bridgehead atoms. The average Bonchev–Trinajstić information content (AvgIpc) is 3.23. The summed E-state index contributed by atoms with van der Waals surface area (Å²) >= 11 is 0. The van der Waals surface area contributed by atoms with Crippen LogP contribution in [0.25, 0.3) is 5.78 Å². The summed E-state index contributed by atoms with van der Waals surface area (Å²) in [4.78, 5) is 15.6.